The molecule has 1 N–H and O–H groups in total. The third kappa shape index (κ3) is 2.96. The normalized spacial score (nSPS) is 20.8. The van der Waals surface area contributed by atoms with Gasteiger partial charge in [0.2, 0.25) is 0 Å². The largest absolute Gasteiger partial charge is 0.497 e. The first-order chi connectivity index (χ1) is 8.22. The van der Waals surface area contributed by atoms with Gasteiger partial charge >= 0.3 is 0 Å². The molecule has 1 aliphatic rings. The Bertz CT molecular complexity index is 382. The third-order valence-electron chi connectivity index (χ3n) is 3.29. The van der Waals surface area contributed by atoms with Gasteiger partial charge in [-0.2, -0.15) is 0 Å². The standard InChI is InChI=1S/C13H20N2O2/c1-10-6-13(17-2)7-11(14-10)8-15-5-3-4-12(15)9-16/h6-7,12,16H,3-5,8-9H2,1-2H3. The molecule has 0 aromatic carbocycles. The van der Waals surface area contributed by atoms with Gasteiger partial charge in [-0.3, -0.25) is 9.88 Å². The Kier molecular flexibility index (Phi) is 3.97. The fourth-order valence-electron chi connectivity index (χ4n) is 2.42. The Morgan fingerprint density at radius 3 is 3.06 bits per heavy atom. The van der Waals surface area contributed by atoms with Crippen molar-refractivity contribution in [2.45, 2.75) is 32.4 Å². The second-order valence-electron chi connectivity index (χ2n) is 4.59. The molecular formula is C13H20N2O2. The number of aryl methyl sites for hydroxylation is 1. The molecule has 94 valence electrons. The monoisotopic (exact) mass is 236 g/mol. The predicted octanol–water partition coefficient (Wildman–Crippen LogP) is 1.36. The molecule has 0 amide bonds. The van der Waals surface area contributed by atoms with Crippen molar-refractivity contribution in [3.8, 4) is 5.75 Å². The zero-order valence-corrected chi connectivity index (χ0v) is 10.5. The molecule has 2 rings (SSSR count). The van der Waals surface area contributed by atoms with E-state index in [9.17, 15) is 5.11 Å². The maximum Gasteiger partial charge on any atom is 0.122 e. The summed E-state index contributed by atoms with van der Waals surface area (Å²) >= 11 is 0. The molecule has 1 fully saturated rings. The SMILES string of the molecule is COc1cc(C)nc(CN2CCCC2CO)c1. The van der Waals surface area contributed by atoms with Crippen LogP contribution in [0.1, 0.15) is 24.2 Å². The summed E-state index contributed by atoms with van der Waals surface area (Å²) in [5.74, 6) is 0.854. The number of methoxy groups -OCH3 is 1. The lowest BCUT2D eigenvalue weighted by molar-refractivity contribution is 0.152. The lowest BCUT2D eigenvalue weighted by Crippen LogP contribution is -2.31. The Morgan fingerprint density at radius 2 is 2.35 bits per heavy atom. The zero-order valence-electron chi connectivity index (χ0n) is 10.5. The molecule has 1 unspecified atom stereocenters. The molecule has 0 radical (unpaired) electrons. The minimum Gasteiger partial charge on any atom is -0.497 e. The average molecular weight is 236 g/mol. The van der Waals surface area contributed by atoms with Crippen molar-refractivity contribution >= 4 is 0 Å². The van der Waals surface area contributed by atoms with Crippen LogP contribution in [0.2, 0.25) is 0 Å². The second kappa shape index (κ2) is 5.47. The highest BCUT2D eigenvalue weighted by atomic mass is 16.5. The Labute approximate surface area is 102 Å². The highest BCUT2D eigenvalue weighted by molar-refractivity contribution is 5.26. The lowest BCUT2D eigenvalue weighted by Gasteiger charge is -2.22. The van der Waals surface area contributed by atoms with Crippen LogP contribution < -0.4 is 4.74 Å². The van der Waals surface area contributed by atoms with E-state index in [4.69, 9.17) is 4.74 Å². The fraction of sp³-hybridized carbons (Fsp3) is 0.615. The number of pyridine rings is 1. The van der Waals surface area contributed by atoms with E-state index in [1.54, 1.807) is 7.11 Å². The molecule has 1 saturated heterocycles. The van der Waals surface area contributed by atoms with Gasteiger partial charge in [-0.25, -0.2) is 0 Å². The second-order valence-corrected chi connectivity index (χ2v) is 4.59. The van der Waals surface area contributed by atoms with Gasteiger partial charge in [0.25, 0.3) is 0 Å². The number of aromatic nitrogens is 1. The van der Waals surface area contributed by atoms with Crippen molar-refractivity contribution in [1.29, 1.82) is 0 Å². The first-order valence-corrected chi connectivity index (χ1v) is 6.09. The minimum atomic E-state index is 0.239. The summed E-state index contributed by atoms with van der Waals surface area (Å²) in [5.41, 5.74) is 1.99. The molecule has 1 aliphatic heterocycles. The van der Waals surface area contributed by atoms with Crippen LogP contribution in [0.3, 0.4) is 0 Å². The van der Waals surface area contributed by atoms with E-state index in [0.717, 1.165) is 43.1 Å². The van der Waals surface area contributed by atoms with Gasteiger partial charge in [-0.15, -0.1) is 0 Å². The molecule has 2 heterocycles. The number of rotatable bonds is 4. The Hall–Kier alpha value is -1.13. The summed E-state index contributed by atoms with van der Waals surface area (Å²) in [7, 11) is 1.67. The van der Waals surface area contributed by atoms with Crippen LogP contribution in [-0.2, 0) is 6.54 Å². The molecule has 0 aliphatic carbocycles. The number of aliphatic hydroxyl groups is 1. The summed E-state index contributed by atoms with van der Waals surface area (Å²) in [6, 6.07) is 4.19. The van der Waals surface area contributed by atoms with Crippen molar-refractivity contribution in [2.24, 2.45) is 0 Å². The quantitative estimate of drug-likeness (QED) is 0.857. The van der Waals surface area contributed by atoms with Crippen LogP contribution in [0.25, 0.3) is 0 Å². The van der Waals surface area contributed by atoms with Crippen LogP contribution in [0.5, 0.6) is 5.75 Å². The van der Waals surface area contributed by atoms with E-state index >= 15 is 0 Å². The van der Waals surface area contributed by atoms with Gasteiger partial charge < -0.3 is 9.84 Å². The number of hydrogen-bond donors (Lipinski definition) is 1. The van der Waals surface area contributed by atoms with Crippen LogP contribution >= 0.6 is 0 Å². The van der Waals surface area contributed by atoms with Crippen LogP contribution in [0, 0.1) is 6.92 Å². The van der Waals surface area contributed by atoms with E-state index in [1.807, 2.05) is 19.1 Å². The van der Waals surface area contributed by atoms with Crippen LogP contribution in [0.15, 0.2) is 12.1 Å². The van der Waals surface area contributed by atoms with Gasteiger partial charge in [0.05, 0.1) is 19.4 Å². The fourth-order valence-corrected chi connectivity index (χ4v) is 2.42. The first kappa shape index (κ1) is 12.3. The van der Waals surface area contributed by atoms with Gasteiger partial charge in [-0.1, -0.05) is 0 Å². The minimum absolute atomic E-state index is 0.239. The maximum atomic E-state index is 9.28. The molecule has 0 bridgehead atoms. The van der Waals surface area contributed by atoms with Crippen LogP contribution in [-0.4, -0.2) is 41.3 Å². The smallest absolute Gasteiger partial charge is 0.122 e. The van der Waals surface area contributed by atoms with E-state index in [2.05, 4.69) is 9.88 Å². The van der Waals surface area contributed by atoms with Crippen molar-refractivity contribution < 1.29 is 9.84 Å². The summed E-state index contributed by atoms with van der Waals surface area (Å²) in [4.78, 5) is 6.80. The van der Waals surface area contributed by atoms with E-state index in [0.29, 0.717) is 6.04 Å². The Balaban J connectivity index is 2.09. The molecule has 4 heteroatoms. The van der Waals surface area contributed by atoms with Crippen molar-refractivity contribution in [3.05, 3.63) is 23.5 Å². The van der Waals surface area contributed by atoms with E-state index in [1.165, 1.54) is 0 Å². The van der Waals surface area contributed by atoms with Crippen LogP contribution in [0.4, 0.5) is 0 Å². The molecule has 1 aromatic heterocycles. The average Bonchev–Trinajstić information content (AvgIpc) is 2.75. The molecule has 1 atom stereocenters. The Morgan fingerprint density at radius 1 is 1.53 bits per heavy atom. The molecule has 4 nitrogen and oxygen atoms in total. The van der Waals surface area contributed by atoms with Gasteiger partial charge in [0.15, 0.2) is 0 Å². The van der Waals surface area contributed by atoms with Gasteiger partial charge in [0, 0.05) is 30.4 Å². The number of likely N-dealkylation sites (tertiary alicyclic amines) is 1. The van der Waals surface area contributed by atoms with E-state index in [-0.39, 0.29) is 6.61 Å². The van der Waals surface area contributed by atoms with Crippen molar-refractivity contribution in [3.63, 3.8) is 0 Å². The predicted molar refractivity (Wildman–Crippen MR) is 66.0 cm³/mol. The van der Waals surface area contributed by atoms with Crippen molar-refractivity contribution in [1.82, 2.24) is 9.88 Å². The maximum absolute atomic E-state index is 9.28. The topological polar surface area (TPSA) is 45.6 Å². The number of nitrogens with zero attached hydrogens (tertiary/aromatic N) is 2. The third-order valence-corrected chi connectivity index (χ3v) is 3.29. The molecular weight excluding hydrogens is 216 g/mol. The summed E-state index contributed by atoms with van der Waals surface area (Å²) in [6.45, 7) is 4.05. The van der Waals surface area contributed by atoms with Gasteiger partial charge in [-0.05, 0) is 26.3 Å². The lowest BCUT2D eigenvalue weighted by atomic mass is 10.2. The van der Waals surface area contributed by atoms with E-state index < -0.39 is 0 Å². The number of hydrogen-bond acceptors (Lipinski definition) is 4. The van der Waals surface area contributed by atoms with Crippen molar-refractivity contribution in [2.75, 3.05) is 20.3 Å². The summed E-state index contributed by atoms with van der Waals surface area (Å²) < 4.78 is 5.25. The number of aliphatic hydroxyl groups excluding tert-OH is 1. The first-order valence-electron chi connectivity index (χ1n) is 6.09. The molecule has 0 saturated carbocycles. The highest BCUT2D eigenvalue weighted by Crippen LogP contribution is 2.21. The molecule has 0 spiro atoms. The number of ether oxygens (including phenoxy) is 1. The summed E-state index contributed by atoms with van der Waals surface area (Å²) in [5, 5.41) is 9.28. The highest BCUT2D eigenvalue weighted by Gasteiger charge is 2.24. The van der Waals surface area contributed by atoms with Gasteiger partial charge in [0.1, 0.15) is 5.75 Å². The molecule has 17 heavy (non-hydrogen) atoms. The molecule has 1 aromatic rings. The summed E-state index contributed by atoms with van der Waals surface area (Å²) in [6.07, 6.45) is 2.24. The zero-order chi connectivity index (χ0) is 12.3.